The maximum Gasteiger partial charge on any atom is 0.162 e. The molecule has 7 nitrogen and oxygen atoms in total. The number of carbonyl (C=O) groups is 1. The molecule has 0 aliphatic carbocycles. The quantitative estimate of drug-likeness (QED) is 0.440. The van der Waals surface area contributed by atoms with E-state index in [1.165, 1.54) is 18.5 Å². The Labute approximate surface area is 183 Å². The summed E-state index contributed by atoms with van der Waals surface area (Å²) in [5, 5.41) is 3.39. The summed E-state index contributed by atoms with van der Waals surface area (Å²) >= 11 is 0. The fourth-order valence-electron chi connectivity index (χ4n) is 4.08. The van der Waals surface area contributed by atoms with E-state index in [-0.39, 0.29) is 11.9 Å². The van der Waals surface area contributed by atoms with Gasteiger partial charge in [-0.2, -0.15) is 0 Å². The first kappa shape index (κ1) is 19.9. The Morgan fingerprint density at radius 3 is 2.88 bits per heavy atom. The topological polar surface area (TPSA) is 92.8 Å². The number of nitrogens with one attached hydrogen (secondary N) is 2. The maximum atomic E-state index is 14.1. The van der Waals surface area contributed by atoms with Gasteiger partial charge in [0.15, 0.2) is 11.5 Å². The van der Waals surface area contributed by atoms with E-state index in [1.807, 2.05) is 31.2 Å². The second kappa shape index (κ2) is 8.22. The van der Waals surface area contributed by atoms with Gasteiger partial charge in [0.25, 0.3) is 0 Å². The number of aldehydes is 1. The lowest BCUT2D eigenvalue weighted by atomic mass is 9.83. The van der Waals surface area contributed by atoms with Gasteiger partial charge in [0, 0.05) is 11.1 Å². The average molecular weight is 429 g/mol. The van der Waals surface area contributed by atoms with Crippen molar-refractivity contribution in [3.05, 3.63) is 83.9 Å². The van der Waals surface area contributed by atoms with Crippen LogP contribution < -0.4 is 10.1 Å². The Kier molecular flexibility index (Phi) is 5.10. The SMILES string of the molecule is CCC(Nc1ncnc2[nH]cnc12)C1=C(c2cccc(F)c2)[C@@H](C=O)c2ccccc2O1. The lowest BCUT2D eigenvalue weighted by Crippen LogP contribution is -2.30. The minimum absolute atomic E-state index is 0.348. The van der Waals surface area contributed by atoms with Gasteiger partial charge in [-0.05, 0) is 30.2 Å². The molecule has 4 aromatic rings. The van der Waals surface area contributed by atoms with E-state index >= 15 is 0 Å². The van der Waals surface area contributed by atoms with Crippen molar-refractivity contribution in [2.75, 3.05) is 5.32 Å². The van der Waals surface area contributed by atoms with Gasteiger partial charge >= 0.3 is 0 Å². The number of aromatic nitrogens is 4. The molecule has 0 saturated heterocycles. The van der Waals surface area contributed by atoms with E-state index < -0.39 is 5.92 Å². The fourth-order valence-corrected chi connectivity index (χ4v) is 4.08. The van der Waals surface area contributed by atoms with Gasteiger partial charge < -0.3 is 19.8 Å². The number of nitrogens with zero attached hydrogens (tertiary/aromatic N) is 3. The summed E-state index contributed by atoms with van der Waals surface area (Å²) in [4.78, 5) is 28.1. The molecule has 2 N–H and O–H groups in total. The standard InChI is InChI=1S/C24H20FN5O2/c1-2-18(30-24-21-23(27-12-26-21)28-13-29-24)22-20(14-6-5-7-15(25)10-14)17(11-31)16-8-3-4-9-19(16)32-22/h3-13,17-18H,2H2,1H3,(H2,26,27,28,29,30)/t17-,18?/m0/s1. The Morgan fingerprint density at radius 2 is 2.06 bits per heavy atom. The van der Waals surface area contributed by atoms with Gasteiger partial charge in [-0.3, -0.25) is 0 Å². The van der Waals surface area contributed by atoms with Crippen LogP contribution in [0.4, 0.5) is 10.2 Å². The molecule has 1 aliphatic heterocycles. The molecule has 8 heteroatoms. The van der Waals surface area contributed by atoms with Gasteiger partial charge in [0.1, 0.15) is 35.5 Å². The number of imidazole rings is 1. The first-order valence-electron chi connectivity index (χ1n) is 10.3. The van der Waals surface area contributed by atoms with Gasteiger partial charge in [-0.15, -0.1) is 0 Å². The first-order chi connectivity index (χ1) is 15.7. The Hall–Kier alpha value is -4.07. The molecule has 0 saturated carbocycles. The van der Waals surface area contributed by atoms with E-state index in [9.17, 15) is 9.18 Å². The largest absolute Gasteiger partial charge is 0.459 e. The third kappa shape index (κ3) is 3.39. The molecular weight excluding hydrogens is 409 g/mol. The number of hydrogen-bond acceptors (Lipinski definition) is 6. The number of ether oxygens (including phenoxy) is 1. The van der Waals surface area contributed by atoms with E-state index in [2.05, 4.69) is 25.3 Å². The number of H-pyrrole nitrogens is 1. The Balaban J connectivity index is 1.67. The molecule has 2 aromatic carbocycles. The summed E-state index contributed by atoms with van der Waals surface area (Å²) in [6.45, 7) is 2.00. The van der Waals surface area contributed by atoms with E-state index in [0.29, 0.717) is 46.0 Å². The number of hydrogen-bond donors (Lipinski definition) is 2. The van der Waals surface area contributed by atoms with Crippen LogP contribution >= 0.6 is 0 Å². The number of para-hydroxylation sites is 1. The van der Waals surface area contributed by atoms with Crippen LogP contribution in [0.15, 0.2) is 66.9 Å². The van der Waals surface area contributed by atoms with Crippen LogP contribution in [0, 0.1) is 5.82 Å². The molecule has 1 aliphatic rings. The molecule has 160 valence electrons. The predicted molar refractivity (Wildman–Crippen MR) is 119 cm³/mol. The third-order valence-corrected chi connectivity index (χ3v) is 5.58. The summed E-state index contributed by atoms with van der Waals surface area (Å²) in [6.07, 6.45) is 4.50. The zero-order valence-corrected chi connectivity index (χ0v) is 17.2. The van der Waals surface area contributed by atoms with Gasteiger partial charge in [0.2, 0.25) is 0 Å². The second-order valence-electron chi connectivity index (χ2n) is 7.47. The molecule has 32 heavy (non-hydrogen) atoms. The van der Waals surface area contributed by atoms with Gasteiger partial charge in [-0.1, -0.05) is 37.3 Å². The number of benzene rings is 2. The summed E-state index contributed by atoms with van der Waals surface area (Å²) in [6, 6.07) is 13.3. The number of aromatic amines is 1. The van der Waals surface area contributed by atoms with Gasteiger partial charge in [-0.25, -0.2) is 19.3 Å². The fraction of sp³-hybridized carbons (Fsp3) is 0.167. The maximum absolute atomic E-state index is 14.1. The van der Waals surface area contributed by atoms with E-state index in [1.54, 1.807) is 18.5 Å². The van der Waals surface area contributed by atoms with Crippen molar-refractivity contribution in [3.63, 3.8) is 0 Å². The van der Waals surface area contributed by atoms with Crippen LogP contribution in [0.3, 0.4) is 0 Å². The summed E-state index contributed by atoms with van der Waals surface area (Å²) in [7, 11) is 0. The minimum Gasteiger partial charge on any atom is -0.459 e. The normalized spacial score (nSPS) is 16.4. The van der Waals surface area contributed by atoms with E-state index in [0.717, 1.165) is 11.8 Å². The number of halogens is 1. The van der Waals surface area contributed by atoms with Crippen molar-refractivity contribution < 1.29 is 13.9 Å². The van der Waals surface area contributed by atoms with Crippen LogP contribution in [0.2, 0.25) is 0 Å². The lowest BCUT2D eigenvalue weighted by molar-refractivity contribution is -0.108. The number of fused-ring (bicyclic) bond motifs is 2. The third-order valence-electron chi connectivity index (χ3n) is 5.58. The summed E-state index contributed by atoms with van der Waals surface area (Å²) in [5.74, 6) is 0.722. The summed E-state index contributed by atoms with van der Waals surface area (Å²) < 4.78 is 20.5. The van der Waals surface area contributed by atoms with Crippen molar-refractivity contribution in [2.24, 2.45) is 0 Å². The highest BCUT2D eigenvalue weighted by atomic mass is 19.1. The highest BCUT2D eigenvalue weighted by Crippen LogP contribution is 2.44. The molecule has 2 atom stereocenters. The minimum atomic E-state index is -0.594. The lowest BCUT2D eigenvalue weighted by Gasteiger charge is -2.32. The molecular formula is C24H20FN5O2. The molecule has 0 spiro atoms. The highest BCUT2D eigenvalue weighted by molar-refractivity contribution is 5.91. The zero-order chi connectivity index (χ0) is 22.1. The van der Waals surface area contributed by atoms with Crippen molar-refractivity contribution in [3.8, 4) is 5.75 Å². The number of carbonyl (C=O) groups excluding carboxylic acids is 1. The average Bonchev–Trinajstić information content (AvgIpc) is 3.31. The molecule has 2 aromatic heterocycles. The van der Waals surface area contributed by atoms with Crippen LogP contribution in [0.25, 0.3) is 16.7 Å². The van der Waals surface area contributed by atoms with Crippen molar-refractivity contribution >= 4 is 28.8 Å². The molecule has 3 heterocycles. The zero-order valence-electron chi connectivity index (χ0n) is 17.2. The van der Waals surface area contributed by atoms with Crippen molar-refractivity contribution in [2.45, 2.75) is 25.3 Å². The van der Waals surface area contributed by atoms with Crippen molar-refractivity contribution in [1.82, 2.24) is 19.9 Å². The smallest absolute Gasteiger partial charge is 0.162 e. The predicted octanol–water partition coefficient (Wildman–Crippen LogP) is 4.47. The number of anilines is 1. The van der Waals surface area contributed by atoms with Crippen LogP contribution in [0.1, 0.15) is 30.4 Å². The Bertz CT molecular complexity index is 1330. The Morgan fingerprint density at radius 1 is 1.19 bits per heavy atom. The van der Waals surface area contributed by atoms with Gasteiger partial charge in [0.05, 0.1) is 18.3 Å². The van der Waals surface area contributed by atoms with Crippen LogP contribution in [0.5, 0.6) is 5.75 Å². The van der Waals surface area contributed by atoms with E-state index in [4.69, 9.17) is 4.74 Å². The van der Waals surface area contributed by atoms with Crippen LogP contribution in [-0.4, -0.2) is 32.3 Å². The first-order valence-corrected chi connectivity index (χ1v) is 10.3. The van der Waals surface area contributed by atoms with Crippen LogP contribution in [-0.2, 0) is 4.79 Å². The highest BCUT2D eigenvalue weighted by Gasteiger charge is 2.34. The molecule has 1 unspecified atom stereocenters. The molecule has 0 bridgehead atoms. The number of rotatable bonds is 6. The molecule has 0 fully saturated rings. The molecule has 0 radical (unpaired) electrons. The monoisotopic (exact) mass is 429 g/mol. The van der Waals surface area contributed by atoms with Crippen molar-refractivity contribution in [1.29, 1.82) is 0 Å². The number of allylic oxidation sites excluding steroid dienone is 1. The second-order valence-corrected chi connectivity index (χ2v) is 7.47. The summed E-state index contributed by atoms with van der Waals surface area (Å²) in [5.41, 5.74) is 3.18. The molecule has 0 amide bonds. The molecule has 5 rings (SSSR count).